The summed E-state index contributed by atoms with van der Waals surface area (Å²) >= 11 is 5.12. The van der Waals surface area contributed by atoms with E-state index in [-0.39, 0.29) is 0 Å². The van der Waals surface area contributed by atoms with Crippen LogP contribution in [-0.4, -0.2) is 25.8 Å². The van der Waals surface area contributed by atoms with E-state index >= 15 is 0 Å². The molecule has 0 aliphatic heterocycles. The van der Waals surface area contributed by atoms with Crippen molar-refractivity contribution in [1.29, 1.82) is 0 Å². The van der Waals surface area contributed by atoms with Crippen LogP contribution in [0.15, 0.2) is 46.9 Å². The molecule has 0 aliphatic rings. The van der Waals surface area contributed by atoms with Crippen molar-refractivity contribution >= 4 is 28.2 Å². The molecule has 0 atom stereocenters. The van der Waals surface area contributed by atoms with Crippen LogP contribution in [0.25, 0.3) is 11.0 Å². The van der Waals surface area contributed by atoms with Crippen molar-refractivity contribution in [3.8, 4) is 11.5 Å². The zero-order valence-corrected chi connectivity index (χ0v) is 16.1. The molecule has 0 bridgehead atoms. The molecular formula is C21H23NO3S. The summed E-state index contributed by atoms with van der Waals surface area (Å²) in [4.78, 5) is 0.796. The number of nitrogens with one attached hydrogen (secondary N) is 1. The first-order valence-corrected chi connectivity index (χ1v) is 8.97. The lowest BCUT2D eigenvalue weighted by atomic mass is 10.0. The van der Waals surface area contributed by atoms with Gasteiger partial charge in [-0.2, -0.15) is 0 Å². The number of fused-ring (bicyclic) bond motifs is 1. The molecule has 0 aliphatic carbocycles. The first-order valence-electron chi connectivity index (χ1n) is 8.56. The van der Waals surface area contributed by atoms with Crippen molar-refractivity contribution in [2.24, 2.45) is 0 Å². The van der Waals surface area contributed by atoms with Crippen molar-refractivity contribution in [2.75, 3.05) is 20.8 Å². The van der Waals surface area contributed by atoms with Crippen LogP contribution >= 0.6 is 12.2 Å². The normalized spacial score (nSPS) is 10.7. The number of hydrogen-bond donors (Lipinski definition) is 1. The van der Waals surface area contributed by atoms with Gasteiger partial charge in [-0.3, -0.25) is 0 Å². The molecule has 1 heterocycles. The highest BCUT2D eigenvalue weighted by Crippen LogP contribution is 2.31. The number of ether oxygens (including phenoxy) is 2. The SMILES string of the molecule is COc1cccc(Cc2oc3ccc(OC)cc3c2CCNC(C)=S)c1. The molecule has 1 N–H and O–H groups in total. The highest BCUT2D eigenvalue weighted by molar-refractivity contribution is 7.80. The molecule has 3 rings (SSSR count). The van der Waals surface area contributed by atoms with E-state index in [9.17, 15) is 0 Å². The molecular weight excluding hydrogens is 346 g/mol. The van der Waals surface area contributed by atoms with Crippen LogP contribution < -0.4 is 14.8 Å². The second-order valence-corrected chi connectivity index (χ2v) is 6.74. The van der Waals surface area contributed by atoms with Gasteiger partial charge in [-0.15, -0.1) is 0 Å². The maximum atomic E-state index is 6.18. The Labute approximate surface area is 159 Å². The molecule has 0 saturated heterocycles. The maximum Gasteiger partial charge on any atom is 0.134 e. The molecule has 0 saturated carbocycles. The molecule has 2 aromatic carbocycles. The summed E-state index contributed by atoms with van der Waals surface area (Å²) in [5.41, 5.74) is 3.21. The average Bonchev–Trinajstić information content (AvgIpc) is 2.98. The molecule has 0 spiro atoms. The van der Waals surface area contributed by atoms with E-state index in [1.807, 2.05) is 43.3 Å². The quantitative estimate of drug-likeness (QED) is 0.620. The lowest BCUT2D eigenvalue weighted by molar-refractivity contribution is 0.414. The van der Waals surface area contributed by atoms with Gasteiger partial charge in [0.2, 0.25) is 0 Å². The summed E-state index contributed by atoms with van der Waals surface area (Å²) in [7, 11) is 3.35. The average molecular weight is 369 g/mol. The highest BCUT2D eigenvalue weighted by Gasteiger charge is 2.15. The third kappa shape index (κ3) is 4.17. The van der Waals surface area contributed by atoms with Crippen LogP contribution in [0.2, 0.25) is 0 Å². The summed E-state index contributed by atoms with van der Waals surface area (Å²) in [6.07, 6.45) is 1.54. The zero-order valence-electron chi connectivity index (χ0n) is 15.3. The Morgan fingerprint density at radius 1 is 1.08 bits per heavy atom. The molecule has 26 heavy (non-hydrogen) atoms. The summed E-state index contributed by atoms with van der Waals surface area (Å²) in [6, 6.07) is 14.0. The molecule has 1 aromatic heterocycles. The van der Waals surface area contributed by atoms with Crippen LogP contribution in [-0.2, 0) is 12.8 Å². The summed E-state index contributed by atoms with van der Waals surface area (Å²) in [5.74, 6) is 2.64. The van der Waals surface area contributed by atoms with Crippen LogP contribution in [0.5, 0.6) is 11.5 Å². The molecule has 4 nitrogen and oxygen atoms in total. The lowest BCUT2D eigenvalue weighted by Crippen LogP contribution is -2.21. The van der Waals surface area contributed by atoms with Gasteiger partial charge in [0, 0.05) is 23.9 Å². The minimum Gasteiger partial charge on any atom is -0.497 e. The monoisotopic (exact) mass is 369 g/mol. The van der Waals surface area contributed by atoms with Crippen molar-refractivity contribution in [3.05, 3.63) is 59.4 Å². The second-order valence-electron chi connectivity index (χ2n) is 6.13. The van der Waals surface area contributed by atoms with E-state index in [2.05, 4.69) is 11.4 Å². The Hall–Kier alpha value is -2.53. The largest absolute Gasteiger partial charge is 0.497 e. The van der Waals surface area contributed by atoms with Gasteiger partial charge in [0.15, 0.2) is 0 Å². The second kappa shape index (κ2) is 8.23. The standard InChI is InChI=1S/C21H23NO3S/c1-14(26)22-10-9-18-19-13-17(24-3)7-8-20(19)25-21(18)12-15-5-4-6-16(11-15)23-2/h4-8,11,13H,9-10,12H2,1-3H3,(H,22,26). The lowest BCUT2D eigenvalue weighted by Gasteiger charge is -2.07. The van der Waals surface area contributed by atoms with Gasteiger partial charge in [-0.05, 0) is 49.2 Å². The van der Waals surface area contributed by atoms with Gasteiger partial charge < -0.3 is 19.2 Å². The number of thiocarbonyl (C=S) groups is 1. The summed E-state index contributed by atoms with van der Waals surface area (Å²) in [6.45, 7) is 2.66. The van der Waals surface area contributed by atoms with E-state index < -0.39 is 0 Å². The zero-order chi connectivity index (χ0) is 18.5. The number of methoxy groups -OCH3 is 2. The van der Waals surface area contributed by atoms with E-state index in [1.165, 1.54) is 5.56 Å². The summed E-state index contributed by atoms with van der Waals surface area (Å²) in [5, 5.41) is 4.31. The van der Waals surface area contributed by atoms with Crippen molar-refractivity contribution in [1.82, 2.24) is 5.32 Å². The number of hydrogen-bond acceptors (Lipinski definition) is 4. The minimum absolute atomic E-state index is 0.708. The van der Waals surface area contributed by atoms with Gasteiger partial charge in [-0.1, -0.05) is 24.4 Å². The molecule has 0 amide bonds. The topological polar surface area (TPSA) is 43.6 Å². The Morgan fingerprint density at radius 3 is 2.58 bits per heavy atom. The molecule has 3 aromatic rings. The fourth-order valence-electron chi connectivity index (χ4n) is 3.05. The maximum absolute atomic E-state index is 6.18. The van der Waals surface area contributed by atoms with Gasteiger partial charge in [0.1, 0.15) is 22.8 Å². The van der Waals surface area contributed by atoms with Gasteiger partial charge >= 0.3 is 0 Å². The first kappa shape index (κ1) is 18.3. The molecule has 0 radical (unpaired) electrons. The van der Waals surface area contributed by atoms with E-state index in [0.717, 1.165) is 51.7 Å². The smallest absolute Gasteiger partial charge is 0.134 e. The number of rotatable bonds is 7. The number of furan rings is 1. The van der Waals surface area contributed by atoms with Crippen LogP contribution in [0.4, 0.5) is 0 Å². The fourth-order valence-corrected chi connectivity index (χ4v) is 3.16. The van der Waals surface area contributed by atoms with Crippen molar-refractivity contribution < 1.29 is 13.9 Å². The van der Waals surface area contributed by atoms with Crippen LogP contribution in [0, 0.1) is 0 Å². The van der Waals surface area contributed by atoms with Gasteiger partial charge in [-0.25, -0.2) is 0 Å². The highest BCUT2D eigenvalue weighted by atomic mass is 32.1. The molecule has 0 unspecified atom stereocenters. The predicted octanol–water partition coefficient (Wildman–Crippen LogP) is 4.52. The Kier molecular flexibility index (Phi) is 5.78. The van der Waals surface area contributed by atoms with E-state index in [4.69, 9.17) is 26.1 Å². The van der Waals surface area contributed by atoms with E-state index in [0.29, 0.717) is 6.42 Å². The third-order valence-corrected chi connectivity index (χ3v) is 4.47. The van der Waals surface area contributed by atoms with E-state index in [1.54, 1.807) is 14.2 Å². The summed E-state index contributed by atoms with van der Waals surface area (Å²) < 4.78 is 16.9. The van der Waals surface area contributed by atoms with Crippen LogP contribution in [0.3, 0.4) is 0 Å². The van der Waals surface area contributed by atoms with Gasteiger partial charge in [0.05, 0.1) is 19.2 Å². The molecule has 136 valence electrons. The molecule has 5 heteroatoms. The fraction of sp³-hybridized carbons (Fsp3) is 0.286. The molecule has 0 fully saturated rings. The Balaban J connectivity index is 1.97. The first-order chi connectivity index (χ1) is 12.6. The predicted molar refractivity (Wildman–Crippen MR) is 109 cm³/mol. The Morgan fingerprint density at radius 2 is 1.85 bits per heavy atom. The Bertz CT molecular complexity index is 917. The third-order valence-electron chi connectivity index (χ3n) is 4.33. The minimum atomic E-state index is 0.708. The van der Waals surface area contributed by atoms with Gasteiger partial charge in [0.25, 0.3) is 0 Å². The van der Waals surface area contributed by atoms with Crippen molar-refractivity contribution in [3.63, 3.8) is 0 Å². The number of benzene rings is 2. The van der Waals surface area contributed by atoms with Crippen LogP contribution in [0.1, 0.15) is 23.8 Å². The van der Waals surface area contributed by atoms with Crippen molar-refractivity contribution in [2.45, 2.75) is 19.8 Å².